The Bertz CT molecular complexity index is 239. The molecular formula is C9H15ClN2O2. The van der Waals surface area contributed by atoms with Crippen molar-refractivity contribution in [1.82, 2.24) is 10.6 Å². The molecule has 0 aromatic heterocycles. The summed E-state index contributed by atoms with van der Waals surface area (Å²) in [4.78, 5) is 22.2. The second kappa shape index (κ2) is 4.64. The molecule has 0 heterocycles. The van der Waals surface area contributed by atoms with Gasteiger partial charge in [-0.05, 0) is 32.6 Å². The van der Waals surface area contributed by atoms with Crippen LogP contribution in [-0.4, -0.2) is 23.4 Å². The van der Waals surface area contributed by atoms with Gasteiger partial charge < -0.3 is 5.32 Å². The Kier molecular flexibility index (Phi) is 3.75. The van der Waals surface area contributed by atoms with Gasteiger partial charge in [-0.2, -0.15) is 0 Å². The van der Waals surface area contributed by atoms with E-state index in [1.807, 2.05) is 6.92 Å². The van der Waals surface area contributed by atoms with Crippen molar-refractivity contribution in [2.75, 3.05) is 0 Å². The van der Waals surface area contributed by atoms with Crippen LogP contribution in [0.5, 0.6) is 0 Å². The summed E-state index contributed by atoms with van der Waals surface area (Å²) in [5.41, 5.74) is 0. The molecule has 0 saturated heterocycles. The fraction of sp³-hybridized carbons (Fsp3) is 0.778. The van der Waals surface area contributed by atoms with E-state index in [-0.39, 0.29) is 6.04 Å². The van der Waals surface area contributed by atoms with E-state index < -0.39 is 17.3 Å². The Balaban J connectivity index is 2.24. The van der Waals surface area contributed by atoms with Gasteiger partial charge in [-0.15, -0.1) is 11.6 Å². The number of carbonyl (C=O) groups excluding carboxylic acids is 2. The summed E-state index contributed by atoms with van der Waals surface area (Å²) in [5.74, 6) is 0.108. The Hall–Kier alpha value is -0.770. The second-order valence-corrected chi connectivity index (χ2v) is 4.36. The molecule has 80 valence electrons. The number of alkyl halides is 1. The number of imide groups is 1. The maximum absolute atomic E-state index is 11.2. The minimum absolute atomic E-state index is 0.133. The molecule has 1 aliphatic carbocycles. The second-order valence-electron chi connectivity index (χ2n) is 3.70. The zero-order valence-corrected chi connectivity index (χ0v) is 9.10. The maximum Gasteiger partial charge on any atom is 0.321 e. The third kappa shape index (κ3) is 3.54. The Labute approximate surface area is 88.4 Å². The molecule has 2 unspecified atom stereocenters. The van der Waals surface area contributed by atoms with Gasteiger partial charge in [0.05, 0.1) is 0 Å². The fourth-order valence-electron chi connectivity index (χ4n) is 1.17. The van der Waals surface area contributed by atoms with E-state index in [0.29, 0.717) is 5.92 Å². The molecule has 3 amide bonds. The molecule has 0 aromatic rings. The number of urea groups is 1. The monoisotopic (exact) mass is 218 g/mol. The number of nitrogens with one attached hydrogen (secondary N) is 2. The highest BCUT2D eigenvalue weighted by Crippen LogP contribution is 2.32. The van der Waals surface area contributed by atoms with E-state index >= 15 is 0 Å². The van der Waals surface area contributed by atoms with E-state index in [0.717, 1.165) is 12.8 Å². The average Bonchev–Trinajstić information content (AvgIpc) is 2.85. The van der Waals surface area contributed by atoms with Gasteiger partial charge in [0.2, 0.25) is 5.91 Å². The molecule has 1 fully saturated rings. The molecule has 1 rings (SSSR count). The van der Waals surface area contributed by atoms with E-state index in [1.165, 1.54) is 6.92 Å². The predicted octanol–water partition coefficient (Wildman–Crippen LogP) is 1.24. The molecule has 1 aliphatic rings. The van der Waals surface area contributed by atoms with Gasteiger partial charge in [0, 0.05) is 6.04 Å². The fourth-order valence-corrected chi connectivity index (χ4v) is 1.22. The topological polar surface area (TPSA) is 58.2 Å². The molecule has 0 radical (unpaired) electrons. The third-order valence-electron chi connectivity index (χ3n) is 2.29. The molecule has 0 bridgehead atoms. The summed E-state index contributed by atoms with van der Waals surface area (Å²) in [6.07, 6.45) is 2.31. The third-order valence-corrected chi connectivity index (χ3v) is 2.48. The van der Waals surface area contributed by atoms with Gasteiger partial charge in [-0.1, -0.05) is 0 Å². The first kappa shape index (κ1) is 11.3. The van der Waals surface area contributed by atoms with Crippen LogP contribution in [0.4, 0.5) is 4.79 Å². The molecule has 2 atom stereocenters. The van der Waals surface area contributed by atoms with E-state index in [2.05, 4.69) is 10.6 Å². The number of rotatable bonds is 3. The van der Waals surface area contributed by atoms with Crippen LogP contribution in [0.3, 0.4) is 0 Å². The summed E-state index contributed by atoms with van der Waals surface area (Å²) < 4.78 is 0. The first-order valence-electron chi connectivity index (χ1n) is 4.76. The summed E-state index contributed by atoms with van der Waals surface area (Å²) in [6, 6.07) is -0.324. The Morgan fingerprint density at radius 3 is 2.36 bits per heavy atom. The highest BCUT2D eigenvalue weighted by Gasteiger charge is 2.29. The molecule has 0 aromatic carbocycles. The average molecular weight is 219 g/mol. The summed E-state index contributed by atoms with van der Waals surface area (Å²) in [6.45, 7) is 3.46. The van der Waals surface area contributed by atoms with Crippen LogP contribution in [0.25, 0.3) is 0 Å². The van der Waals surface area contributed by atoms with E-state index in [9.17, 15) is 9.59 Å². The lowest BCUT2D eigenvalue weighted by Crippen LogP contribution is -2.46. The first-order valence-corrected chi connectivity index (χ1v) is 5.19. The first-order chi connectivity index (χ1) is 6.50. The zero-order valence-electron chi connectivity index (χ0n) is 8.34. The number of hydrogen-bond acceptors (Lipinski definition) is 2. The number of amides is 3. The van der Waals surface area contributed by atoms with Gasteiger partial charge in [0.25, 0.3) is 0 Å². The Morgan fingerprint density at radius 2 is 1.93 bits per heavy atom. The van der Waals surface area contributed by atoms with Crippen molar-refractivity contribution in [3.8, 4) is 0 Å². The van der Waals surface area contributed by atoms with Crippen molar-refractivity contribution in [2.24, 2.45) is 5.92 Å². The van der Waals surface area contributed by atoms with Crippen LogP contribution in [-0.2, 0) is 4.79 Å². The van der Waals surface area contributed by atoms with Gasteiger partial charge in [0.1, 0.15) is 5.38 Å². The molecule has 5 heteroatoms. The van der Waals surface area contributed by atoms with Crippen molar-refractivity contribution in [3.63, 3.8) is 0 Å². The molecule has 0 aliphatic heterocycles. The molecular weight excluding hydrogens is 204 g/mol. The summed E-state index contributed by atoms with van der Waals surface area (Å²) in [7, 11) is 0. The van der Waals surface area contributed by atoms with Crippen LogP contribution in [0.2, 0.25) is 0 Å². The summed E-state index contributed by atoms with van der Waals surface area (Å²) in [5, 5.41) is 4.19. The number of halogens is 1. The highest BCUT2D eigenvalue weighted by molar-refractivity contribution is 6.31. The van der Waals surface area contributed by atoms with Crippen molar-refractivity contribution >= 4 is 23.5 Å². The largest absolute Gasteiger partial charge is 0.335 e. The zero-order chi connectivity index (χ0) is 10.7. The minimum atomic E-state index is -0.683. The quantitative estimate of drug-likeness (QED) is 0.701. The van der Waals surface area contributed by atoms with Crippen molar-refractivity contribution in [3.05, 3.63) is 0 Å². The standard InChI is InChI=1S/C9H15ClN2O2/c1-5(10)8(13)12-9(14)11-6(2)7-3-4-7/h5-7H,3-4H2,1-2H3,(H2,11,12,13,14). The van der Waals surface area contributed by atoms with E-state index in [1.54, 1.807) is 0 Å². The lowest BCUT2D eigenvalue weighted by molar-refractivity contribution is -0.119. The van der Waals surface area contributed by atoms with Crippen LogP contribution in [0, 0.1) is 5.92 Å². The number of carbonyl (C=O) groups is 2. The summed E-state index contributed by atoms with van der Waals surface area (Å²) >= 11 is 5.49. The molecule has 1 saturated carbocycles. The molecule has 2 N–H and O–H groups in total. The van der Waals surface area contributed by atoms with Gasteiger partial charge in [-0.25, -0.2) is 4.79 Å². The van der Waals surface area contributed by atoms with E-state index in [4.69, 9.17) is 11.6 Å². The normalized spacial score (nSPS) is 19.6. The minimum Gasteiger partial charge on any atom is -0.335 e. The van der Waals surface area contributed by atoms with Gasteiger partial charge in [0.15, 0.2) is 0 Å². The molecule has 4 nitrogen and oxygen atoms in total. The van der Waals surface area contributed by atoms with Crippen LogP contribution in [0.1, 0.15) is 26.7 Å². The smallest absolute Gasteiger partial charge is 0.321 e. The van der Waals surface area contributed by atoms with Crippen molar-refractivity contribution in [1.29, 1.82) is 0 Å². The lowest BCUT2D eigenvalue weighted by Gasteiger charge is -2.13. The Morgan fingerprint density at radius 1 is 1.36 bits per heavy atom. The maximum atomic E-state index is 11.2. The molecule has 14 heavy (non-hydrogen) atoms. The van der Waals surface area contributed by atoms with Crippen LogP contribution in [0.15, 0.2) is 0 Å². The van der Waals surface area contributed by atoms with Crippen molar-refractivity contribution in [2.45, 2.75) is 38.1 Å². The van der Waals surface area contributed by atoms with Crippen LogP contribution < -0.4 is 10.6 Å². The lowest BCUT2D eigenvalue weighted by atomic mass is 10.2. The highest BCUT2D eigenvalue weighted by atomic mass is 35.5. The van der Waals surface area contributed by atoms with Crippen LogP contribution >= 0.6 is 11.6 Å². The van der Waals surface area contributed by atoms with Gasteiger partial charge >= 0.3 is 6.03 Å². The molecule has 0 spiro atoms. The van der Waals surface area contributed by atoms with Crippen molar-refractivity contribution < 1.29 is 9.59 Å². The SMILES string of the molecule is CC(Cl)C(=O)NC(=O)NC(C)C1CC1. The van der Waals surface area contributed by atoms with Gasteiger partial charge in [-0.3, -0.25) is 10.1 Å². The predicted molar refractivity (Wildman–Crippen MR) is 54.2 cm³/mol. The number of hydrogen-bond donors (Lipinski definition) is 2.